The zero-order valence-electron chi connectivity index (χ0n) is 71.5. The van der Waals surface area contributed by atoms with E-state index >= 15 is 0 Å². The minimum atomic E-state index is -0.706. The maximum Gasteiger partial charge on any atom is 0.312 e. The van der Waals surface area contributed by atoms with Crippen LogP contribution in [0, 0.1) is 98.3 Å². The Kier molecular flexibility index (Phi) is 16.0. The SMILES string of the molecule is CC12CCC3C(CCC4C(C)(C(=O)OCc5ccc([N+](=O)[O-])cc5)CCCC43C)(C1)c1nc3cc4c(cc3nc12)C1c2cc3nc5c(nc3cc2C4c2cc3nc4c(nc3cc21)C12CCC3C(C)(C(=O)OCc6ccc([N+](=O)[O-])cc6)CCCC3(C)C1CCC4(C)C2)C1(C)CCC2C5(CCC3C(C)(C(=O)OCc4ccc([N+](=O)[O-])cc4)CCCC32C)C1. The molecule has 0 N–H and O–H groups in total. The van der Waals surface area contributed by atoms with Gasteiger partial charge in [-0.3, -0.25) is 44.7 Å². The molecule has 122 heavy (non-hydrogen) atoms. The van der Waals surface area contributed by atoms with Gasteiger partial charge in [0.25, 0.3) is 17.1 Å². The van der Waals surface area contributed by atoms with Crippen molar-refractivity contribution >= 4 is 68.1 Å². The van der Waals surface area contributed by atoms with Crippen LogP contribution in [0.25, 0.3) is 33.1 Å². The fourth-order valence-corrected chi connectivity index (χ4v) is 32.5. The van der Waals surface area contributed by atoms with Crippen LogP contribution < -0.4 is 0 Å². The molecular formula is C101H107N9O12. The predicted molar refractivity (Wildman–Crippen MR) is 457 cm³/mol. The zero-order chi connectivity index (χ0) is 84.1. The van der Waals surface area contributed by atoms with Crippen molar-refractivity contribution in [3.05, 3.63) is 224 Å². The number of aromatic nitrogens is 6. The molecule has 21 heteroatoms. The third kappa shape index (κ3) is 10.1. The molecule has 18 atom stereocenters. The standard InChI is InChI=1S/C101H107N9O12/c1-90-37-25-77-94(5)32-11-35-97(8,88(112)121-50-56-15-21-59(22-16-56)109(116)117)74(94)29-41-100(77,52-90)85-81(90)102-67-43-61-65(47-71(67)106-85)80-63-45-69-70(105-84-83(104-69)92(3)39-27-76-93(4)31-10-34-96(7,73(93)28-40-99(76,84)54-92)87(111)120-49-55-13-19-58(20-14-55)108(114)115)46-64(63)79(61)62-44-68-72(48-66(62)80)107-86-82(103-68)91(2)38-26-78-95(6)33-12-36-98(9,75(95)30-42-101(78,86)53-91)89(113)122-51-57-17-23-60(24-18-57)110(118)119/h13-24,43-48,73-80H,10-12,25-42,49-54H2,1-9H3. The number of nitrogens with zero attached hydrogens (tertiary/aromatic N) is 9. The Morgan fingerprint density at radius 2 is 0.549 bits per heavy atom. The van der Waals surface area contributed by atoms with Gasteiger partial charge < -0.3 is 14.2 Å². The Hall–Kier alpha value is -10.1. The number of benzene rings is 6. The minimum absolute atomic E-state index is 0.00326. The molecule has 0 radical (unpaired) electrons. The average Bonchev–Trinajstić information content (AvgIpc) is 1.47. The van der Waals surface area contributed by atoms with Gasteiger partial charge >= 0.3 is 17.9 Å². The van der Waals surface area contributed by atoms with E-state index < -0.39 is 31.0 Å². The second kappa shape index (κ2) is 25.4. The number of ether oxygens (including phenoxy) is 3. The van der Waals surface area contributed by atoms with E-state index in [9.17, 15) is 44.7 Å². The summed E-state index contributed by atoms with van der Waals surface area (Å²) >= 11 is 0. The van der Waals surface area contributed by atoms with Gasteiger partial charge in [0.05, 0.1) is 98.3 Å². The van der Waals surface area contributed by atoms with Crippen LogP contribution in [0.3, 0.4) is 0 Å². The van der Waals surface area contributed by atoms with Gasteiger partial charge in [0.1, 0.15) is 19.8 Å². The lowest BCUT2D eigenvalue weighted by Gasteiger charge is -2.63. The molecule has 3 aromatic heterocycles. The number of nitro groups is 3. The van der Waals surface area contributed by atoms with Gasteiger partial charge in [-0.2, -0.15) is 0 Å². The van der Waals surface area contributed by atoms with Crippen molar-refractivity contribution < 1.29 is 43.4 Å². The summed E-state index contributed by atoms with van der Waals surface area (Å²) in [6, 6.07) is 33.4. The predicted octanol–water partition coefficient (Wildman–Crippen LogP) is 21.2. The van der Waals surface area contributed by atoms with E-state index in [2.05, 4.69) is 98.7 Å². The first-order valence-electron chi connectivity index (χ1n) is 45.5. The summed E-state index contributed by atoms with van der Waals surface area (Å²) in [4.78, 5) is 114. The van der Waals surface area contributed by atoms with Gasteiger partial charge in [-0.25, -0.2) is 29.9 Å². The van der Waals surface area contributed by atoms with Crippen molar-refractivity contribution in [3.63, 3.8) is 0 Å². The van der Waals surface area contributed by atoms with E-state index in [1.807, 2.05) is 0 Å². The van der Waals surface area contributed by atoms with E-state index in [1.54, 1.807) is 36.4 Å². The topological polar surface area (TPSA) is 286 Å². The molecule has 15 aliphatic carbocycles. The van der Waals surface area contributed by atoms with Crippen LogP contribution in [0.4, 0.5) is 17.1 Å². The van der Waals surface area contributed by atoms with Gasteiger partial charge in [0.2, 0.25) is 0 Å². The van der Waals surface area contributed by atoms with Gasteiger partial charge in [0.15, 0.2) is 0 Å². The zero-order valence-corrected chi connectivity index (χ0v) is 71.5. The molecule has 3 heterocycles. The van der Waals surface area contributed by atoms with E-state index in [-0.39, 0.29) is 151 Å². The molecule has 9 aromatic rings. The van der Waals surface area contributed by atoms with Crippen molar-refractivity contribution in [2.75, 3.05) is 0 Å². The van der Waals surface area contributed by atoms with Crippen LogP contribution in [0.15, 0.2) is 109 Å². The maximum atomic E-state index is 14.8. The van der Waals surface area contributed by atoms with Gasteiger partial charge in [-0.15, -0.1) is 0 Å². The summed E-state index contributed by atoms with van der Waals surface area (Å²) in [5.74, 6) is 0.136. The number of nitro benzene ring substituents is 3. The first-order chi connectivity index (χ1) is 58.2. The molecule has 24 rings (SSSR count). The largest absolute Gasteiger partial charge is 0.460 e. The highest BCUT2D eigenvalue weighted by Crippen LogP contribution is 2.77. The molecule has 8 bridgehead atoms. The molecule has 0 amide bonds. The molecule has 3 spiro atoms. The number of carbonyl (C=O) groups is 3. The van der Waals surface area contributed by atoms with Crippen LogP contribution in [0.2, 0.25) is 0 Å². The van der Waals surface area contributed by atoms with Crippen molar-refractivity contribution in [3.8, 4) is 0 Å². The molecule has 0 aliphatic heterocycles. The summed E-state index contributed by atoms with van der Waals surface area (Å²) in [6.45, 7) is 21.5. The second-order valence-electron chi connectivity index (χ2n) is 43.6. The Labute approximate surface area is 709 Å². The summed E-state index contributed by atoms with van der Waals surface area (Å²) < 4.78 is 18.8. The summed E-state index contributed by atoms with van der Waals surface area (Å²) in [5, 5.41) is 34.5. The first kappa shape index (κ1) is 76.8. The molecule has 9 saturated carbocycles. The average molecular weight is 1640 g/mol. The maximum absolute atomic E-state index is 14.8. The molecule has 0 saturated heterocycles. The highest BCUT2D eigenvalue weighted by atomic mass is 16.6. The second-order valence-corrected chi connectivity index (χ2v) is 43.6. The lowest BCUT2D eigenvalue weighted by Crippen LogP contribution is -2.60. The van der Waals surface area contributed by atoms with Crippen LogP contribution in [0.5, 0.6) is 0 Å². The van der Waals surface area contributed by atoms with Crippen LogP contribution in [-0.4, -0.2) is 62.6 Å². The van der Waals surface area contributed by atoms with Crippen LogP contribution >= 0.6 is 0 Å². The van der Waals surface area contributed by atoms with Gasteiger partial charge in [-0.05, 0) is 330 Å². The molecule has 628 valence electrons. The summed E-state index contributed by atoms with van der Waals surface area (Å²) in [7, 11) is 0. The normalized spacial score (nSPS) is 37.5. The Morgan fingerprint density at radius 3 is 0.787 bits per heavy atom. The molecule has 18 unspecified atom stereocenters. The lowest BCUT2D eigenvalue weighted by molar-refractivity contribution is -0.385. The molecule has 21 nitrogen and oxygen atoms in total. The van der Waals surface area contributed by atoms with Crippen molar-refractivity contribution in [2.45, 2.75) is 281 Å². The highest BCUT2D eigenvalue weighted by molar-refractivity contribution is 5.89. The van der Waals surface area contributed by atoms with Gasteiger partial charge in [0, 0.05) is 80.7 Å². The summed E-state index contributed by atoms with van der Waals surface area (Å²) in [6.07, 6.45) is 22.3. The molecule has 9 fully saturated rings. The van der Waals surface area contributed by atoms with E-state index in [0.717, 1.165) is 238 Å². The number of hydrogen-bond acceptors (Lipinski definition) is 18. The number of carbonyl (C=O) groups excluding carboxylic acids is 3. The van der Waals surface area contributed by atoms with Crippen LogP contribution in [-0.2, 0) is 80.9 Å². The van der Waals surface area contributed by atoms with E-state index in [1.165, 1.54) is 69.8 Å². The Morgan fingerprint density at radius 1 is 0.320 bits per heavy atom. The number of non-ortho nitro benzene ring substituents is 3. The third-order valence-corrected chi connectivity index (χ3v) is 37.6. The Balaban J connectivity index is 0.623. The minimum Gasteiger partial charge on any atom is -0.460 e. The Bertz CT molecular complexity index is 5930. The van der Waals surface area contributed by atoms with Crippen molar-refractivity contribution in [2.24, 2.45) is 68.0 Å². The molecule has 6 aromatic carbocycles. The van der Waals surface area contributed by atoms with Crippen LogP contribution in [0.1, 0.15) is 312 Å². The fourth-order valence-electron chi connectivity index (χ4n) is 32.5. The smallest absolute Gasteiger partial charge is 0.312 e. The first-order valence-corrected chi connectivity index (χ1v) is 45.5. The van der Waals surface area contributed by atoms with Gasteiger partial charge in [-0.1, -0.05) is 60.8 Å². The fraction of sp³-hybridized carbons (Fsp3) is 0.554. The van der Waals surface area contributed by atoms with Crippen molar-refractivity contribution in [1.82, 2.24) is 29.9 Å². The van der Waals surface area contributed by atoms with Crippen molar-refractivity contribution in [1.29, 1.82) is 0 Å². The number of fused-ring (bicyclic) bond motifs is 18. The summed E-state index contributed by atoms with van der Waals surface area (Å²) in [5.41, 5.74) is 18.1. The molecule has 15 aliphatic rings. The molecular weight excluding hydrogens is 1530 g/mol. The lowest BCUT2D eigenvalue weighted by atomic mass is 9.40. The number of rotatable bonds is 12. The highest BCUT2D eigenvalue weighted by Gasteiger charge is 2.73. The van der Waals surface area contributed by atoms with E-state index in [4.69, 9.17) is 44.1 Å². The van der Waals surface area contributed by atoms with E-state index in [0.29, 0.717) is 0 Å². The number of esters is 3. The number of hydrogen-bond donors (Lipinski definition) is 0. The quantitative estimate of drug-likeness (QED) is 0.0475. The monoisotopic (exact) mass is 1640 g/mol. The third-order valence-electron chi connectivity index (χ3n) is 37.6.